The molecule has 0 aliphatic rings. The highest BCUT2D eigenvalue weighted by molar-refractivity contribution is 7.21. The maximum Gasteiger partial charge on any atom is 0.290 e. The van der Waals surface area contributed by atoms with Gasteiger partial charge in [-0.1, -0.05) is 11.3 Å². The molecule has 0 atom stereocenters. The van der Waals surface area contributed by atoms with Crippen molar-refractivity contribution in [2.24, 2.45) is 0 Å². The van der Waals surface area contributed by atoms with E-state index in [0.717, 1.165) is 4.70 Å². The van der Waals surface area contributed by atoms with Gasteiger partial charge in [-0.3, -0.25) is 4.79 Å². The second kappa shape index (κ2) is 4.31. The molecule has 2 aromatic heterocycles. The van der Waals surface area contributed by atoms with Crippen molar-refractivity contribution in [1.29, 1.82) is 0 Å². The number of nitrogens with two attached hydrogens (primary N) is 1. The van der Waals surface area contributed by atoms with E-state index >= 15 is 0 Å². The molecular weight excluding hydrogens is 192 g/mol. The van der Waals surface area contributed by atoms with Gasteiger partial charge in [0.05, 0.1) is 10.9 Å². The quantitative estimate of drug-likeness (QED) is 0.593. The molecule has 0 aliphatic heterocycles. The summed E-state index contributed by atoms with van der Waals surface area (Å²) in [5, 5.41) is 14.9. The monoisotopic (exact) mass is 198 g/mol. The first-order valence-electron chi connectivity index (χ1n) is 3.19. The Balaban J connectivity index is 0.000000251. The molecule has 0 aromatic carbocycles. The van der Waals surface area contributed by atoms with Gasteiger partial charge in [-0.15, -0.1) is 5.10 Å². The summed E-state index contributed by atoms with van der Waals surface area (Å²) in [5.41, 5.74) is 6.06. The number of rotatable bonds is 0. The minimum atomic E-state index is -0.250. The van der Waals surface area contributed by atoms with Crippen LogP contribution in [0, 0.1) is 0 Å². The van der Waals surface area contributed by atoms with Gasteiger partial charge in [0, 0.05) is 0 Å². The maximum atomic E-state index is 8.36. The third-order valence-electron chi connectivity index (χ3n) is 1.10. The lowest BCUT2D eigenvalue weighted by atomic mass is 10.6. The normalized spacial score (nSPS) is 8.92. The van der Waals surface area contributed by atoms with Crippen LogP contribution < -0.4 is 5.73 Å². The van der Waals surface area contributed by atoms with Crippen LogP contribution in [0.2, 0.25) is 0 Å². The van der Waals surface area contributed by atoms with Crippen molar-refractivity contribution in [1.82, 2.24) is 15.2 Å². The number of carboxylic acid groups (broad SMARTS) is 1. The summed E-state index contributed by atoms with van der Waals surface area (Å²) >= 11 is 1.42. The predicted molar refractivity (Wildman–Crippen MR) is 48.3 cm³/mol. The average Bonchev–Trinajstić information content (AvgIpc) is 2.45. The fourth-order valence-electron chi connectivity index (χ4n) is 0.710. The molecule has 0 amide bonds. The molecule has 0 bridgehead atoms. The van der Waals surface area contributed by atoms with Crippen LogP contribution in [0.5, 0.6) is 0 Å². The molecule has 0 saturated heterocycles. The van der Waals surface area contributed by atoms with E-state index in [2.05, 4.69) is 15.2 Å². The van der Waals surface area contributed by atoms with E-state index in [1.54, 1.807) is 6.20 Å². The molecule has 2 aromatic rings. The van der Waals surface area contributed by atoms with Crippen LogP contribution in [0.25, 0.3) is 10.3 Å². The molecule has 2 heterocycles. The van der Waals surface area contributed by atoms with Gasteiger partial charge in [-0.2, -0.15) is 10.1 Å². The van der Waals surface area contributed by atoms with Gasteiger partial charge >= 0.3 is 0 Å². The number of nitrogens with zero attached hydrogens (tertiary/aromatic N) is 3. The third-order valence-corrected chi connectivity index (χ3v) is 1.94. The summed E-state index contributed by atoms with van der Waals surface area (Å²) in [6, 6.07) is 1.84. The molecule has 3 N–H and O–H groups in total. The summed E-state index contributed by atoms with van der Waals surface area (Å²) in [7, 11) is 0. The van der Waals surface area contributed by atoms with Crippen molar-refractivity contribution in [3.05, 3.63) is 12.3 Å². The number of aromatic nitrogens is 3. The number of anilines is 1. The Morgan fingerprint density at radius 1 is 1.62 bits per heavy atom. The summed E-state index contributed by atoms with van der Waals surface area (Å²) in [6.45, 7) is -0.250. The Morgan fingerprint density at radius 3 is 2.92 bits per heavy atom. The largest absolute Gasteiger partial charge is 0.483 e. The zero-order valence-electron chi connectivity index (χ0n) is 6.41. The zero-order valence-corrected chi connectivity index (χ0v) is 7.23. The molecule has 0 unspecified atom stereocenters. The molecular formula is C6H6N4O2S. The Morgan fingerprint density at radius 2 is 2.31 bits per heavy atom. The Kier molecular flexibility index (Phi) is 3.09. The van der Waals surface area contributed by atoms with Crippen LogP contribution >= 0.6 is 11.3 Å². The van der Waals surface area contributed by atoms with Gasteiger partial charge in [0.1, 0.15) is 0 Å². The van der Waals surface area contributed by atoms with Gasteiger partial charge in [-0.05, 0) is 6.07 Å². The van der Waals surface area contributed by atoms with Crippen molar-refractivity contribution in [3.63, 3.8) is 0 Å². The van der Waals surface area contributed by atoms with Gasteiger partial charge in [0.2, 0.25) is 0 Å². The molecule has 0 saturated carbocycles. The van der Waals surface area contributed by atoms with Gasteiger partial charge in [0.25, 0.3) is 6.47 Å². The lowest BCUT2D eigenvalue weighted by Crippen LogP contribution is -1.82. The molecule has 6 nitrogen and oxygen atoms in total. The van der Waals surface area contributed by atoms with Crippen LogP contribution in [-0.2, 0) is 4.79 Å². The lowest BCUT2D eigenvalue weighted by molar-refractivity contribution is -0.122. The fourth-order valence-corrected chi connectivity index (χ4v) is 1.37. The van der Waals surface area contributed by atoms with E-state index < -0.39 is 0 Å². The minimum Gasteiger partial charge on any atom is -0.483 e. The topological polar surface area (TPSA) is 102 Å². The van der Waals surface area contributed by atoms with Gasteiger partial charge in [-0.25, -0.2) is 0 Å². The molecule has 7 heteroatoms. The van der Waals surface area contributed by atoms with Crippen LogP contribution in [0.3, 0.4) is 0 Å². The molecule has 13 heavy (non-hydrogen) atoms. The summed E-state index contributed by atoms with van der Waals surface area (Å²) < 4.78 is 0.979. The second-order valence-corrected chi connectivity index (χ2v) is 2.94. The minimum absolute atomic E-state index is 0.250. The molecule has 0 aliphatic carbocycles. The number of carbonyl (C=O) groups is 1. The molecule has 68 valence electrons. The lowest BCUT2D eigenvalue weighted by Gasteiger charge is -1.78. The van der Waals surface area contributed by atoms with Crippen LogP contribution in [0.15, 0.2) is 12.3 Å². The highest BCUT2D eigenvalue weighted by Crippen LogP contribution is 2.19. The van der Waals surface area contributed by atoms with Gasteiger partial charge < -0.3 is 10.8 Å². The van der Waals surface area contributed by atoms with E-state index in [-0.39, 0.29) is 6.47 Å². The highest BCUT2D eigenvalue weighted by Gasteiger charge is 1.98. The summed E-state index contributed by atoms with van der Waals surface area (Å²) in [4.78, 5) is 12.3. The summed E-state index contributed by atoms with van der Waals surface area (Å²) in [6.07, 6.45) is 1.62. The van der Waals surface area contributed by atoms with Crippen molar-refractivity contribution >= 4 is 33.3 Å². The maximum absolute atomic E-state index is 8.36. The molecule has 0 fully saturated rings. The molecule has 2 rings (SSSR count). The molecule has 0 spiro atoms. The first kappa shape index (κ1) is 9.33. The number of thiazole rings is 1. The average molecular weight is 198 g/mol. The number of fused-ring (bicyclic) bond motifs is 1. The van der Waals surface area contributed by atoms with Crippen molar-refractivity contribution in [3.8, 4) is 0 Å². The number of hydrogen-bond donors (Lipinski definition) is 2. The smallest absolute Gasteiger partial charge is 0.290 e. The third kappa shape index (κ3) is 2.34. The Hall–Kier alpha value is -1.76. The van der Waals surface area contributed by atoms with Crippen LogP contribution in [0.4, 0.5) is 5.13 Å². The van der Waals surface area contributed by atoms with Crippen LogP contribution in [0.1, 0.15) is 0 Å². The predicted octanol–water partition coefficient (Wildman–Crippen LogP) is 0.369. The van der Waals surface area contributed by atoms with Crippen molar-refractivity contribution in [2.45, 2.75) is 0 Å². The van der Waals surface area contributed by atoms with E-state index in [1.807, 2.05) is 6.07 Å². The number of nitrogen functional groups attached to an aromatic ring is 1. The first-order valence-corrected chi connectivity index (χ1v) is 4.01. The first-order chi connectivity index (χ1) is 6.27. The van der Waals surface area contributed by atoms with Gasteiger partial charge in [0.15, 0.2) is 10.8 Å². The standard InChI is InChI=1S/C5H4N4S.CH2O2/c6-5-8-4-3(10-5)1-2-7-9-4;2-1-3/h1-2H,(H2,6,8,9);1H,(H,2,3). The Bertz CT molecular complexity index is 369. The van der Waals surface area contributed by atoms with E-state index in [9.17, 15) is 0 Å². The second-order valence-electron chi connectivity index (χ2n) is 1.88. The SMILES string of the molecule is Nc1nc2nnccc2s1.O=CO. The Labute approximate surface area is 77.0 Å². The van der Waals surface area contributed by atoms with Crippen molar-refractivity contribution in [2.75, 3.05) is 5.73 Å². The number of hydrogen-bond acceptors (Lipinski definition) is 6. The summed E-state index contributed by atoms with van der Waals surface area (Å²) in [5.74, 6) is 0. The highest BCUT2D eigenvalue weighted by atomic mass is 32.1. The van der Waals surface area contributed by atoms with E-state index in [1.165, 1.54) is 11.3 Å². The zero-order chi connectivity index (χ0) is 9.68. The van der Waals surface area contributed by atoms with Crippen LogP contribution in [-0.4, -0.2) is 26.8 Å². The van der Waals surface area contributed by atoms with E-state index in [4.69, 9.17) is 15.6 Å². The molecule has 0 radical (unpaired) electrons. The van der Waals surface area contributed by atoms with Crippen molar-refractivity contribution < 1.29 is 9.90 Å². The van der Waals surface area contributed by atoms with E-state index in [0.29, 0.717) is 10.8 Å². The fraction of sp³-hybridized carbons (Fsp3) is 0.